The molecule has 0 aromatic heterocycles. The fraction of sp³-hybridized carbons (Fsp3) is 1.00. The Morgan fingerprint density at radius 3 is 0.326 bits per heavy atom. The van der Waals surface area contributed by atoms with Crippen LogP contribution >= 0.6 is 0 Å². The van der Waals surface area contributed by atoms with Crippen LogP contribution in [0, 0.1) is 0 Å². The van der Waals surface area contributed by atoms with Crippen molar-refractivity contribution in [3.8, 4) is 0 Å². The van der Waals surface area contributed by atoms with E-state index in [-0.39, 0.29) is 200 Å². The van der Waals surface area contributed by atoms with Crippen LogP contribution in [0.1, 0.15) is 103 Å². The summed E-state index contributed by atoms with van der Waals surface area (Å²) in [6.45, 7) is 0. The molecule has 0 aromatic rings. The molecule has 22 heteroatoms. The van der Waals surface area contributed by atoms with Gasteiger partial charge in [0.05, 0.1) is 0 Å². The van der Waals surface area contributed by atoms with Crippen LogP contribution in [-0.2, 0) is 44.8 Å². The van der Waals surface area contributed by atoms with Crippen molar-refractivity contribution in [1.82, 2.24) is 0 Å². The molecule has 0 spiro atoms. The molecule has 8 atom stereocenters. The SMILES string of the molecule is N[C@@H]1CCCC[C@@H]1N.N[C@@H]1CCCC[C@@H]1N.N[C@@H]1CCCC[C@@H]1N.N[C@@H]1CCCC[C@@H]1N.O.O.O.O.O.O.[Au+3].[Au+3].[Cl-].[Cl-].[Cl-].[Cl-].[Cl-].[Cl-]. The molecule has 14 nitrogen and oxygen atoms in total. The predicted octanol–water partition coefficient (Wildman–Crippen LogP) is -22.1. The number of nitrogens with two attached hydrogens (primary N) is 8. The standard InChI is InChI=1S/4C6H14N2.2Au.6ClH.6H2O/c4*7-5-3-1-2-4-6(5)8;;;;;;;;;;;;;;/h4*5-6H,1-4,7-8H2;;;6*1H;6*1H2/q;;;;2*+3;;;;;;;;;;;;/p-6/t4*5-,6+;;;;;;;;;;;;;;. The quantitative estimate of drug-likeness (QED) is 0.107. The minimum atomic E-state index is 0. The Labute approximate surface area is 346 Å². The van der Waals surface area contributed by atoms with Crippen LogP contribution in [0.15, 0.2) is 0 Å². The minimum absolute atomic E-state index is 0. The molecule has 0 radical (unpaired) electrons. The van der Waals surface area contributed by atoms with Gasteiger partial charge in [-0.3, -0.25) is 0 Å². The Morgan fingerprint density at radius 1 is 0.217 bits per heavy atom. The largest absolute Gasteiger partial charge is 3.00 e. The van der Waals surface area contributed by atoms with Gasteiger partial charge in [-0.15, -0.1) is 0 Å². The van der Waals surface area contributed by atoms with Crippen molar-refractivity contribution < 1.29 is 152 Å². The number of hydrogen-bond acceptors (Lipinski definition) is 8. The molecule has 304 valence electrons. The van der Waals surface area contributed by atoms with Crippen LogP contribution in [0.25, 0.3) is 0 Å². The maximum absolute atomic E-state index is 5.65. The third-order valence-corrected chi connectivity index (χ3v) is 7.50. The van der Waals surface area contributed by atoms with Gasteiger partial charge in [-0.2, -0.15) is 0 Å². The molecule has 4 aliphatic carbocycles. The van der Waals surface area contributed by atoms with E-state index in [1.54, 1.807) is 0 Å². The van der Waals surface area contributed by atoms with E-state index in [1.165, 1.54) is 51.4 Å². The first-order chi connectivity index (χ1) is 15.2. The van der Waals surface area contributed by atoms with Gasteiger partial charge >= 0.3 is 44.8 Å². The van der Waals surface area contributed by atoms with E-state index in [9.17, 15) is 0 Å². The summed E-state index contributed by atoms with van der Waals surface area (Å²) in [6.07, 6.45) is 19.2. The first-order valence-corrected chi connectivity index (χ1v) is 13.3. The smallest absolute Gasteiger partial charge is 1.00 e. The molecule has 28 N–H and O–H groups in total. The second-order valence-corrected chi connectivity index (χ2v) is 10.4. The summed E-state index contributed by atoms with van der Waals surface area (Å²) in [5.74, 6) is 0. The first kappa shape index (κ1) is 92.0. The van der Waals surface area contributed by atoms with E-state index in [2.05, 4.69) is 0 Å². The zero-order chi connectivity index (χ0) is 23.9. The van der Waals surface area contributed by atoms with E-state index < -0.39 is 0 Å². The molecule has 4 rings (SSSR count). The number of halogens is 6. The Morgan fingerprint density at radius 2 is 0.283 bits per heavy atom. The van der Waals surface area contributed by atoms with Gasteiger partial charge in [-0.1, -0.05) is 51.4 Å². The van der Waals surface area contributed by atoms with Crippen molar-refractivity contribution in [2.24, 2.45) is 45.9 Å². The summed E-state index contributed by atoms with van der Waals surface area (Å²) in [5, 5.41) is 0. The number of rotatable bonds is 0. The summed E-state index contributed by atoms with van der Waals surface area (Å²) >= 11 is 0. The van der Waals surface area contributed by atoms with E-state index in [0.717, 1.165) is 51.4 Å². The summed E-state index contributed by atoms with van der Waals surface area (Å²) in [6, 6.07) is 2.25. The van der Waals surface area contributed by atoms with E-state index in [1.807, 2.05) is 0 Å². The fourth-order valence-corrected chi connectivity index (χ4v) is 4.75. The van der Waals surface area contributed by atoms with Gasteiger partial charge in [0, 0.05) is 48.3 Å². The molecule has 46 heavy (non-hydrogen) atoms. The fourth-order valence-electron chi connectivity index (χ4n) is 4.75. The number of hydrogen-bond donors (Lipinski definition) is 8. The molecule has 0 saturated heterocycles. The summed E-state index contributed by atoms with van der Waals surface area (Å²) in [4.78, 5) is 0. The first-order valence-electron chi connectivity index (χ1n) is 13.3. The van der Waals surface area contributed by atoms with Gasteiger partial charge in [-0.25, -0.2) is 0 Å². The van der Waals surface area contributed by atoms with Gasteiger partial charge < -0.3 is 153 Å². The van der Waals surface area contributed by atoms with Gasteiger partial charge in [-0.05, 0) is 51.4 Å². The van der Waals surface area contributed by atoms with Crippen LogP contribution in [0.4, 0.5) is 0 Å². The van der Waals surface area contributed by atoms with E-state index in [4.69, 9.17) is 45.9 Å². The topological polar surface area (TPSA) is 397 Å². The van der Waals surface area contributed by atoms with Gasteiger partial charge in [0.25, 0.3) is 0 Å². The van der Waals surface area contributed by atoms with Crippen molar-refractivity contribution in [2.75, 3.05) is 0 Å². The Bertz CT molecular complexity index is 393. The second kappa shape index (κ2) is 57.0. The van der Waals surface area contributed by atoms with Crippen LogP contribution in [0.2, 0.25) is 0 Å². The Hall–Kier alpha value is 2.66. The minimum Gasteiger partial charge on any atom is -1.00 e. The summed E-state index contributed by atoms with van der Waals surface area (Å²) in [7, 11) is 0. The van der Waals surface area contributed by atoms with Gasteiger partial charge in [0.1, 0.15) is 0 Å². The van der Waals surface area contributed by atoms with E-state index in [0.29, 0.717) is 0 Å². The Balaban J connectivity index is -0.0000000225. The molecule has 0 unspecified atom stereocenters. The average molecular weight is 1170 g/mol. The molecule has 0 bridgehead atoms. The van der Waals surface area contributed by atoms with Crippen LogP contribution in [0.3, 0.4) is 0 Å². The van der Waals surface area contributed by atoms with Crippen LogP contribution in [-0.4, -0.2) is 81.2 Å². The molecule has 0 amide bonds. The average Bonchev–Trinajstić information content (AvgIpc) is 2.78. The molecule has 0 aromatic carbocycles. The zero-order valence-corrected chi connectivity index (χ0v) is 35.3. The molecule has 0 heterocycles. The van der Waals surface area contributed by atoms with Gasteiger partial charge in [0.2, 0.25) is 0 Å². The third kappa shape index (κ3) is 44.7. The van der Waals surface area contributed by atoms with Gasteiger partial charge in [0.15, 0.2) is 0 Å². The molecular formula is C24H68Au2Cl6N8O6. The van der Waals surface area contributed by atoms with Crippen molar-refractivity contribution in [3.63, 3.8) is 0 Å². The summed E-state index contributed by atoms with van der Waals surface area (Å²) < 4.78 is 0. The van der Waals surface area contributed by atoms with Crippen molar-refractivity contribution >= 4 is 0 Å². The molecule has 4 fully saturated rings. The van der Waals surface area contributed by atoms with Crippen LogP contribution < -0.4 is 120 Å². The normalized spacial score (nSPS) is 27.7. The predicted molar refractivity (Wildman–Crippen MR) is 159 cm³/mol. The third-order valence-electron chi connectivity index (χ3n) is 7.50. The molecular weight excluding hydrogens is 1100 g/mol. The monoisotopic (exact) mass is 1170 g/mol. The maximum atomic E-state index is 5.65. The van der Waals surface area contributed by atoms with Crippen molar-refractivity contribution in [3.05, 3.63) is 0 Å². The maximum Gasteiger partial charge on any atom is 3.00 e. The zero-order valence-electron chi connectivity index (χ0n) is 26.4. The molecule has 0 aliphatic heterocycles. The second-order valence-electron chi connectivity index (χ2n) is 10.4. The Kier molecular flexibility index (Phi) is 114. The summed E-state index contributed by atoms with van der Waals surface area (Å²) in [5.41, 5.74) is 45.2. The van der Waals surface area contributed by atoms with Crippen molar-refractivity contribution in [1.29, 1.82) is 0 Å². The van der Waals surface area contributed by atoms with Crippen molar-refractivity contribution in [2.45, 2.75) is 151 Å². The van der Waals surface area contributed by atoms with E-state index >= 15 is 0 Å². The molecule has 4 aliphatic rings. The molecule has 4 saturated carbocycles. The van der Waals surface area contributed by atoms with Crippen LogP contribution in [0.5, 0.6) is 0 Å².